The molecule has 0 spiro atoms. The van der Waals surface area contributed by atoms with Gasteiger partial charge in [-0.25, -0.2) is 0 Å². The van der Waals surface area contributed by atoms with E-state index in [1.54, 1.807) is 0 Å². The molecule has 10 heteroatoms. The van der Waals surface area contributed by atoms with Crippen molar-refractivity contribution in [2.45, 2.75) is 5.79 Å². The van der Waals surface area contributed by atoms with Gasteiger partial charge in [-0.05, 0) is 5.53 Å². The van der Waals surface area contributed by atoms with Crippen molar-refractivity contribution in [2.75, 3.05) is 6.61 Å². The molecule has 12 heavy (non-hydrogen) atoms. The quantitative estimate of drug-likeness (QED) is 0.153. The number of azide groups is 1. The van der Waals surface area contributed by atoms with Crippen LogP contribution in [-0.2, 0) is 0 Å². The van der Waals surface area contributed by atoms with Crippen LogP contribution in [0.25, 0.3) is 10.4 Å². The fraction of sp³-hybridized carbons (Fsp3) is 1.00. The maximum absolute atomic E-state index is 10.0. The van der Waals surface area contributed by atoms with Crippen LogP contribution in [0.1, 0.15) is 0 Å². The molecule has 0 bridgehead atoms. The van der Waals surface area contributed by atoms with E-state index in [2.05, 4.69) is 5.11 Å². The van der Waals surface area contributed by atoms with Crippen LogP contribution in [0.5, 0.6) is 0 Å². The maximum atomic E-state index is 10.0. The SMILES string of the molecule is [N-]=[N+]=NC(CO)([N+](=O)[O-])[N+](=O)[O-]. The number of aliphatic hydroxyl groups excluding tert-OH is 1. The Labute approximate surface area is 64.3 Å². The number of nitro groups is 2. The first-order chi connectivity index (χ1) is 5.51. The molecule has 0 atom stereocenters. The monoisotopic (exact) mass is 177 g/mol. The summed E-state index contributed by atoms with van der Waals surface area (Å²) in [5.74, 6) is -3.20. The molecule has 0 saturated heterocycles. The zero-order valence-electron chi connectivity index (χ0n) is 5.52. The van der Waals surface area contributed by atoms with Gasteiger partial charge in [0.05, 0.1) is 5.11 Å². The third-order valence-electron chi connectivity index (χ3n) is 1.00. The summed E-state index contributed by atoms with van der Waals surface area (Å²) in [4.78, 5) is 19.0. The lowest BCUT2D eigenvalue weighted by Crippen LogP contribution is -2.47. The van der Waals surface area contributed by atoms with E-state index in [4.69, 9.17) is 10.6 Å². The molecule has 0 fully saturated rings. The number of rotatable bonds is 4. The van der Waals surface area contributed by atoms with E-state index < -0.39 is 22.2 Å². The van der Waals surface area contributed by atoms with Crippen molar-refractivity contribution in [3.05, 3.63) is 30.7 Å². The van der Waals surface area contributed by atoms with Crippen LogP contribution in [0, 0.1) is 20.2 Å². The van der Waals surface area contributed by atoms with E-state index in [0.717, 1.165) is 0 Å². The minimum Gasteiger partial charge on any atom is -0.382 e. The number of nitrogens with zero attached hydrogens (tertiary/aromatic N) is 5. The highest BCUT2D eigenvalue weighted by atomic mass is 16.7. The fourth-order valence-corrected chi connectivity index (χ4v) is 0.358. The van der Waals surface area contributed by atoms with Gasteiger partial charge in [0.1, 0.15) is 9.85 Å². The normalized spacial score (nSPS) is 10.1. The van der Waals surface area contributed by atoms with Crippen LogP contribution in [0.3, 0.4) is 0 Å². The Morgan fingerprint density at radius 1 is 1.50 bits per heavy atom. The lowest BCUT2D eigenvalue weighted by atomic mass is 10.4. The van der Waals surface area contributed by atoms with Gasteiger partial charge in [0.25, 0.3) is 0 Å². The summed E-state index contributed by atoms with van der Waals surface area (Å²) in [7, 11) is 0. The van der Waals surface area contributed by atoms with Crippen molar-refractivity contribution in [1.82, 2.24) is 0 Å². The van der Waals surface area contributed by atoms with Gasteiger partial charge in [0.15, 0.2) is 6.61 Å². The van der Waals surface area contributed by atoms with E-state index >= 15 is 0 Å². The predicted octanol–water partition coefficient (Wildman–Crippen LogP) is -0.504. The highest BCUT2D eigenvalue weighted by Crippen LogP contribution is 2.11. The van der Waals surface area contributed by atoms with Crippen molar-refractivity contribution >= 4 is 0 Å². The van der Waals surface area contributed by atoms with Crippen LogP contribution >= 0.6 is 0 Å². The Kier molecular flexibility index (Phi) is 2.90. The van der Waals surface area contributed by atoms with Crippen molar-refractivity contribution in [1.29, 1.82) is 0 Å². The molecule has 0 aromatic heterocycles. The Hall–Kier alpha value is -1.93. The Balaban J connectivity index is 5.17. The molecule has 0 heterocycles. The maximum Gasteiger partial charge on any atom is 0.568 e. The molecule has 0 aliphatic rings. The molecule has 66 valence electrons. The van der Waals surface area contributed by atoms with E-state index in [-0.39, 0.29) is 0 Å². The van der Waals surface area contributed by atoms with Gasteiger partial charge in [0, 0.05) is 4.91 Å². The Morgan fingerprint density at radius 3 is 2.00 bits per heavy atom. The minimum atomic E-state index is -3.20. The molecule has 0 rings (SSSR count). The van der Waals surface area contributed by atoms with Gasteiger partial charge in [-0.1, -0.05) is 0 Å². The third-order valence-corrected chi connectivity index (χ3v) is 1.00. The minimum absolute atomic E-state index is 1.47. The summed E-state index contributed by atoms with van der Waals surface area (Å²) < 4.78 is 0. The van der Waals surface area contributed by atoms with Crippen LogP contribution in [0.2, 0.25) is 0 Å². The van der Waals surface area contributed by atoms with Crippen LogP contribution in [0.4, 0.5) is 0 Å². The Bertz CT molecular complexity index is 235. The van der Waals surface area contributed by atoms with Crippen molar-refractivity contribution in [3.8, 4) is 0 Å². The van der Waals surface area contributed by atoms with Gasteiger partial charge in [-0.3, -0.25) is 20.2 Å². The topological polar surface area (TPSA) is 155 Å². The molecule has 0 aliphatic heterocycles. The predicted molar refractivity (Wildman–Crippen MR) is 33.0 cm³/mol. The lowest BCUT2D eigenvalue weighted by Gasteiger charge is -2.06. The summed E-state index contributed by atoms with van der Waals surface area (Å²) in [6.45, 7) is -1.49. The fourth-order valence-electron chi connectivity index (χ4n) is 0.358. The summed E-state index contributed by atoms with van der Waals surface area (Å²) in [6, 6.07) is 0. The van der Waals surface area contributed by atoms with Gasteiger partial charge >= 0.3 is 5.79 Å². The second-order valence-corrected chi connectivity index (χ2v) is 1.64. The first-order valence-electron chi connectivity index (χ1n) is 2.47. The molecule has 1 N–H and O–H groups in total. The van der Waals surface area contributed by atoms with Gasteiger partial charge in [0.2, 0.25) is 0 Å². The number of hydrogen-bond acceptors (Lipinski definition) is 6. The van der Waals surface area contributed by atoms with E-state index in [1.165, 1.54) is 0 Å². The largest absolute Gasteiger partial charge is 0.568 e. The molecule has 0 aromatic rings. The standard InChI is InChI=1S/C2H3N5O5/c3-5-4-2(1-8,6(9)10)7(11)12/h8H,1H2. The Morgan fingerprint density at radius 2 is 1.92 bits per heavy atom. The molecule has 0 radical (unpaired) electrons. The molecular formula is C2H3N5O5. The van der Waals surface area contributed by atoms with Crippen LogP contribution in [0.15, 0.2) is 5.11 Å². The summed E-state index contributed by atoms with van der Waals surface area (Å²) in [5, 5.41) is 30.7. The van der Waals surface area contributed by atoms with Crippen molar-refractivity contribution in [2.24, 2.45) is 5.11 Å². The molecule has 10 nitrogen and oxygen atoms in total. The van der Waals surface area contributed by atoms with E-state index in [1.807, 2.05) is 4.91 Å². The van der Waals surface area contributed by atoms with Crippen molar-refractivity contribution < 1.29 is 15.0 Å². The molecular weight excluding hydrogens is 174 g/mol. The molecule has 0 saturated carbocycles. The van der Waals surface area contributed by atoms with Gasteiger partial charge < -0.3 is 5.11 Å². The van der Waals surface area contributed by atoms with E-state index in [0.29, 0.717) is 0 Å². The lowest BCUT2D eigenvalue weighted by molar-refractivity contribution is -0.797. The van der Waals surface area contributed by atoms with Gasteiger partial charge in [-0.15, -0.1) is 0 Å². The second-order valence-electron chi connectivity index (χ2n) is 1.64. The highest BCUT2D eigenvalue weighted by molar-refractivity contribution is 4.62. The highest BCUT2D eigenvalue weighted by Gasteiger charge is 2.56. The third kappa shape index (κ3) is 1.38. The van der Waals surface area contributed by atoms with Crippen molar-refractivity contribution in [3.63, 3.8) is 0 Å². The molecule has 0 aromatic carbocycles. The number of aliphatic hydroxyl groups is 1. The molecule has 0 aliphatic carbocycles. The summed E-state index contributed by atoms with van der Waals surface area (Å²) >= 11 is 0. The smallest absolute Gasteiger partial charge is 0.382 e. The number of hydrogen-bond donors (Lipinski definition) is 1. The summed E-state index contributed by atoms with van der Waals surface area (Å²) in [6.07, 6.45) is 0. The van der Waals surface area contributed by atoms with E-state index in [9.17, 15) is 20.2 Å². The van der Waals surface area contributed by atoms with Gasteiger partial charge in [-0.2, -0.15) is 0 Å². The zero-order valence-corrected chi connectivity index (χ0v) is 5.52. The van der Waals surface area contributed by atoms with Crippen LogP contribution < -0.4 is 0 Å². The first-order valence-corrected chi connectivity index (χ1v) is 2.47. The average molecular weight is 177 g/mol. The first kappa shape index (κ1) is 10.1. The average Bonchev–Trinajstić information content (AvgIpc) is 1.98. The zero-order chi connectivity index (χ0) is 9.78. The molecule has 0 unspecified atom stereocenters. The second kappa shape index (κ2) is 3.46. The van der Waals surface area contributed by atoms with Crippen LogP contribution in [-0.4, -0.2) is 27.3 Å². The summed E-state index contributed by atoms with van der Waals surface area (Å²) in [5.41, 5.74) is 7.77. The molecule has 0 amide bonds.